The number of para-hydroxylation sites is 4. The Morgan fingerprint density at radius 2 is 0.789 bits per heavy atom. The SMILES string of the molecule is c1ccc(-c2nc(-c3ccccc3)nc(-c3cccc4oc5c(-c6nc(-c7cccc8c7oc7ccccc78)nc7c6oc6ccccc67)cccc5c34)n2)cc1. The topological polar surface area (TPSA) is 104 Å². The van der Waals surface area contributed by atoms with E-state index in [0.29, 0.717) is 51.3 Å². The van der Waals surface area contributed by atoms with E-state index in [0.717, 1.165) is 71.5 Å². The summed E-state index contributed by atoms with van der Waals surface area (Å²) in [4.78, 5) is 25.5. The number of aromatic nitrogens is 5. The second kappa shape index (κ2) is 12.3. The molecule has 8 nitrogen and oxygen atoms in total. The van der Waals surface area contributed by atoms with Crippen LogP contribution in [0.1, 0.15) is 0 Å². The molecule has 0 aliphatic rings. The first-order valence-corrected chi connectivity index (χ1v) is 18.7. The first-order chi connectivity index (χ1) is 28.2. The van der Waals surface area contributed by atoms with Gasteiger partial charge in [-0.3, -0.25) is 0 Å². The van der Waals surface area contributed by atoms with Crippen molar-refractivity contribution in [2.24, 2.45) is 0 Å². The fourth-order valence-corrected chi connectivity index (χ4v) is 7.97. The van der Waals surface area contributed by atoms with E-state index in [1.165, 1.54) is 0 Å². The maximum Gasteiger partial charge on any atom is 0.180 e. The van der Waals surface area contributed by atoms with Gasteiger partial charge in [-0.1, -0.05) is 127 Å². The molecule has 0 spiro atoms. The standard InChI is InChI=1S/C49H27N5O3/c1-3-14-28(15-4-1)46-52-47(29-16-5-2-6-17-29)54-48(53-46)34-22-13-27-39-40(34)33-21-12-23-35(44(33)57-39)42-45-41(32-19-8-10-26-38(32)56-45)50-49(51-42)36-24-11-20-31-30-18-7-9-25-37(30)55-43(31)36/h1-27H. The highest BCUT2D eigenvalue weighted by atomic mass is 16.3. The van der Waals surface area contributed by atoms with Crippen LogP contribution in [-0.4, -0.2) is 24.9 Å². The predicted octanol–water partition coefficient (Wildman–Crippen LogP) is 12.7. The molecule has 0 saturated carbocycles. The van der Waals surface area contributed by atoms with Crippen molar-refractivity contribution in [1.82, 2.24) is 24.9 Å². The van der Waals surface area contributed by atoms with Crippen LogP contribution >= 0.6 is 0 Å². The van der Waals surface area contributed by atoms with E-state index in [2.05, 4.69) is 18.2 Å². The molecular weight excluding hydrogens is 707 g/mol. The second-order valence-electron chi connectivity index (χ2n) is 14.0. The van der Waals surface area contributed by atoms with Gasteiger partial charge in [-0.2, -0.15) is 0 Å². The third kappa shape index (κ3) is 4.91. The molecule has 57 heavy (non-hydrogen) atoms. The molecule has 0 N–H and O–H groups in total. The van der Waals surface area contributed by atoms with Gasteiger partial charge in [0, 0.05) is 49.2 Å². The summed E-state index contributed by atoms with van der Waals surface area (Å²) in [6.07, 6.45) is 0. The summed E-state index contributed by atoms with van der Waals surface area (Å²) >= 11 is 0. The van der Waals surface area contributed by atoms with Crippen LogP contribution in [0.4, 0.5) is 0 Å². The molecule has 12 aromatic rings. The van der Waals surface area contributed by atoms with Crippen molar-refractivity contribution in [2.45, 2.75) is 0 Å². The highest BCUT2D eigenvalue weighted by Gasteiger charge is 2.25. The summed E-state index contributed by atoms with van der Waals surface area (Å²) in [5.74, 6) is 2.24. The molecule has 0 bridgehead atoms. The average molecular weight is 734 g/mol. The Morgan fingerprint density at radius 1 is 0.298 bits per heavy atom. The first-order valence-electron chi connectivity index (χ1n) is 18.7. The Hall–Kier alpha value is -7.97. The molecule has 0 atom stereocenters. The summed E-state index contributed by atoms with van der Waals surface area (Å²) in [5.41, 5.74) is 9.69. The maximum absolute atomic E-state index is 6.82. The van der Waals surface area contributed by atoms with Crippen LogP contribution in [0.5, 0.6) is 0 Å². The summed E-state index contributed by atoms with van der Waals surface area (Å²) in [6.45, 7) is 0. The number of fused-ring (bicyclic) bond motifs is 9. The molecule has 12 rings (SSSR count). The van der Waals surface area contributed by atoms with Gasteiger partial charge in [0.25, 0.3) is 0 Å². The first kappa shape index (κ1) is 31.4. The predicted molar refractivity (Wildman–Crippen MR) is 224 cm³/mol. The second-order valence-corrected chi connectivity index (χ2v) is 14.0. The molecule has 5 aromatic heterocycles. The van der Waals surface area contributed by atoms with Gasteiger partial charge in [-0.15, -0.1) is 0 Å². The van der Waals surface area contributed by atoms with Gasteiger partial charge >= 0.3 is 0 Å². The zero-order chi connectivity index (χ0) is 37.5. The Kier molecular flexibility index (Phi) is 6.76. The van der Waals surface area contributed by atoms with Gasteiger partial charge in [0.15, 0.2) is 28.9 Å². The molecule has 5 heterocycles. The molecule has 0 saturated heterocycles. The summed E-state index contributed by atoms with van der Waals surface area (Å²) in [6, 6.07) is 54.2. The van der Waals surface area contributed by atoms with Crippen molar-refractivity contribution in [3.63, 3.8) is 0 Å². The molecule has 0 unspecified atom stereocenters. The number of rotatable bonds is 5. The number of hydrogen-bond donors (Lipinski definition) is 0. The Morgan fingerprint density at radius 3 is 1.54 bits per heavy atom. The molecule has 8 heteroatoms. The average Bonchev–Trinajstić information content (AvgIpc) is 3.98. The van der Waals surface area contributed by atoms with Crippen LogP contribution in [0.25, 0.3) is 123 Å². The lowest BCUT2D eigenvalue weighted by Crippen LogP contribution is -2.00. The van der Waals surface area contributed by atoms with Crippen LogP contribution in [0.3, 0.4) is 0 Å². The Labute approximate surface area is 323 Å². The van der Waals surface area contributed by atoms with Crippen LogP contribution in [0.15, 0.2) is 177 Å². The molecular formula is C49H27N5O3. The highest BCUT2D eigenvalue weighted by molar-refractivity contribution is 6.17. The Bertz CT molecular complexity index is 3480. The van der Waals surface area contributed by atoms with Gasteiger partial charge in [0.05, 0.1) is 5.56 Å². The van der Waals surface area contributed by atoms with E-state index in [4.69, 9.17) is 38.2 Å². The van der Waals surface area contributed by atoms with E-state index >= 15 is 0 Å². The normalized spacial score (nSPS) is 11.9. The van der Waals surface area contributed by atoms with Gasteiger partial charge in [0.1, 0.15) is 39.1 Å². The smallest absolute Gasteiger partial charge is 0.180 e. The molecule has 0 radical (unpaired) electrons. The van der Waals surface area contributed by atoms with Crippen molar-refractivity contribution >= 4 is 65.9 Å². The van der Waals surface area contributed by atoms with E-state index in [1.807, 2.05) is 146 Å². The fraction of sp³-hybridized carbons (Fsp3) is 0. The highest BCUT2D eigenvalue weighted by Crippen LogP contribution is 2.44. The molecule has 0 aliphatic heterocycles. The molecule has 0 amide bonds. The van der Waals surface area contributed by atoms with Gasteiger partial charge in [0.2, 0.25) is 0 Å². The lowest BCUT2D eigenvalue weighted by molar-refractivity contribution is 0.662. The molecule has 0 aliphatic carbocycles. The number of hydrogen-bond acceptors (Lipinski definition) is 8. The van der Waals surface area contributed by atoms with E-state index in [-0.39, 0.29) is 0 Å². The minimum absolute atomic E-state index is 0.523. The van der Waals surface area contributed by atoms with Crippen LogP contribution in [-0.2, 0) is 0 Å². The number of furan rings is 3. The van der Waals surface area contributed by atoms with E-state index < -0.39 is 0 Å². The summed E-state index contributed by atoms with van der Waals surface area (Å²) in [7, 11) is 0. The fourth-order valence-electron chi connectivity index (χ4n) is 7.97. The summed E-state index contributed by atoms with van der Waals surface area (Å²) < 4.78 is 19.9. The van der Waals surface area contributed by atoms with Crippen LogP contribution in [0.2, 0.25) is 0 Å². The van der Waals surface area contributed by atoms with Crippen molar-refractivity contribution in [2.75, 3.05) is 0 Å². The van der Waals surface area contributed by atoms with E-state index in [1.54, 1.807) is 0 Å². The molecule has 266 valence electrons. The van der Waals surface area contributed by atoms with Crippen molar-refractivity contribution in [3.8, 4) is 56.8 Å². The molecule has 7 aromatic carbocycles. The minimum Gasteiger partial charge on any atom is -0.455 e. The third-order valence-corrected chi connectivity index (χ3v) is 10.6. The van der Waals surface area contributed by atoms with Crippen molar-refractivity contribution in [1.29, 1.82) is 0 Å². The van der Waals surface area contributed by atoms with Gasteiger partial charge in [-0.05, 0) is 36.4 Å². The van der Waals surface area contributed by atoms with Gasteiger partial charge < -0.3 is 13.3 Å². The lowest BCUT2D eigenvalue weighted by atomic mass is 10.0. The number of nitrogens with zero attached hydrogens (tertiary/aromatic N) is 5. The van der Waals surface area contributed by atoms with Crippen molar-refractivity contribution in [3.05, 3.63) is 164 Å². The largest absolute Gasteiger partial charge is 0.455 e. The lowest BCUT2D eigenvalue weighted by Gasteiger charge is -2.09. The number of benzene rings is 7. The van der Waals surface area contributed by atoms with Gasteiger partial charge in [-0.25, -0.2) is 24.9 Å². The van der Waals surface area contributed by atoms with Crippen LogP contribution < -0.4 is 0 Å². The summed E-state index contributed by atoms with van der Waals surface area (Å²) in [5, 5.41) is 4.72. The third-order valence-electron chi connectivity index (χ3n) is 10.6. The minimum atomic E-state index is 0.523. The zero-order valence-electron chi connectivity index (χ0n) is 30.0. The Balaban J connectivity index is 1.11. The van der Waals surface area contributed by atoms with E-state index in [9.17, 15) is 0 Å². The molecule has 0 fully saturated rings. The zero-order valence-corrected chi connectivity index (χ0v) is 30.0. The van der Waals surface area contributed by atoms with Crippen molar-refractivity contribution < 1.29 is 13.3 Å². The monoisotopic (exact) mass is 733 g/mol. The van der Waals surface area contributed by atoms with Crippen LogP contribution in [0, 0.1) is 0 Å². The quantitative estimate of drug-likeness (QED) is 0.172. The maximum atomic E-state index is 6.82.